The fraction of sp³-hybridized carbons (Fsp3) is 0.474. The third-order valence-electron chi connectivity index (χ3n) is 5.00. The van der Waals surface area contributed by atoms with Crippen LogP contribution in [-0.4, -0.2) is 43.0 Å². The van der Waals surface area contributed by atoms with Crippen LogP contribution in [0.25, 0.3) is 0 Å². The first-order chi connectivity index (χ1) is 12.8. The highest BCUT2D eigenvalue weighted by Gasteiger charge is 2.36. The van der Waals surface area contributed by atoms with E-state index in [4.69, 9.17) is 18.8 Å². The van der Waals surface area contributed by atoms with E-state index in [1.807, 2.05) is 30.5 Å². The highest BCUT2D eigenvalue weighted by atomic mass is 16.6. The normalized spacial score (nSPS) is 24.3. The zero-order chi connectivity index (χ0) is 17.8. The van der Waals surface area contributed by atoms with Crippen molar-refractivity contribution in [3.63, 3.8) is 0 Å². The van der Waals surface area contributed by atoms with Crippen molar-refractivity contribution in [2.45, 2.75) is 19.6 Å². The molecule has 3 heterocycles. The van der Waals surface area contributed by atoms with Gasteiger partial charge in [-0.1, -0.05) is 17.3 Å². The summed E-state index contributed by atoms with van der Waals surface area (Å²) in [5, 5.41) is 7.99. The van der Waals surface area contributed by atoms with Gasteiger partial charge in [0.05, 0.1) is 7.11 Å². The van der Waals surface area contributed by atoms with Gasteiger partial charge in [0.1, 0.15) is 12.4 Å². The fourth-order valence-corrected chi connectivity index (χ4v) is 3.53. The molecule has 0 amide bonds. The van der Waals surface area contributed by atoms with Crippen LogP contribution in [0.5, 0.6) is 11.6 Å². The van der Waals surface area contributed by atoms with Crippen LogP contribution in [0, 0.1) is 11.8 Å². The highest BCUT2D eigenvalue weighted by molar-refractivity contribution is 5.61. The third kappa shape index (κ3) is 3.99. The van der Waals surface area contributed by atoms with E-state index in [-0.39, 0.29) is 6.61 Å². The minimum atomic E-state index is 0.247. The number of oxime groups is 1. The molecule has 138 valence electrons. The van der Waals surface area contributed by atoms with Crippen LogP contribution in [0.3, 0.4) is 0 Å². The number of piperidine rings is 1. The van der Waals surface area contributed by atoms with E-state index < -0.39 is 0 Å². The second-order valence-corrected chi connectivity index (χ2v) is 6.77. The molecular weight excluding hydrogens is 334 g/mol. The highest BCUT2D eigenvalue weighted by Crippen LogP contribution is 2.31. The van der Waals surface area contributed by atoms with Gasteiger partial charge in [-0.25, -0.2) is 0 Å². The van der Waals surface area contributed by atoms with Gasteiger partial charge < -0.3 is 23.7 Å². The Balaban J connectivity index is 1.20. The predicted octanol–water partition coefficient (Wildman–Crippen LogP) is 2.72. The number of ether oxygens (including phenoxy) is 2. The second-order valence-electron chi connectivity index (χ2n) is 6.77. The Labute approximate surface area is 152 Å². The SMILES string of the molecule is COc1ccc(COc2cc(CON=CC3CN4CCC3C4)on2)cc1. The standard InChI is InChI=1S/C19H23N3O4/c1-23-17-4-2-14(3-5-17)12-24-19-8-18(26-21-19)13-25-20-9-16-11-22-7-6-15(16)10-22/h2-5,8-9,15-16H,6-7,10-13H2,1H3. The average molecular weight is 357 g/mol. The number of aromatic nitrogens is 1. The van der Waals surface area contributed by atoms with E-state index >= 15 is 0 Å². The van der Waals surface area contributed by atoms with E-state index in [0.29, 0.717) is 24.2 Å². The second kappa shape index (κ2) is 7.78. The first-order valence-electron chi connectivity index (χ1n) is 8.89. The number of methoxy groups -OCH3 is 1. The summed E-state index contributed by atoms with van der Waals surface area (Å²) in [5.41, 5.74) is 1.03. The molecule has 2 aromatic rings. The molecule has 2 aliphatic heterocycles. The molecule has 4 rings (SSSR count). The van der Waals surface area contributed by atoms with E-state index in [1.165, 1.54) is 19.5 Å². The Kier molecular flexibility index (Phi) is 5.06. The van der Waals surface area contributed by atoms with Crippen molar-refractivity contribution in [1.29, 1.82) is 0 Å². The minimum absolute atomic E-state index is 0.247. The van der Waals surface area contributed by atoms with Crippen molar-refractivity contribution in [2.24, 2.45) is 17.0 Å². The molecule has 7 nitrogen and oxygen atoms in total. The first-order valence-corrected chi connectivity index (χ1v) is 8.89. The van der Waals surface area contributed by atoms with Crippen LogP contribution in [0.15, 0.2) is 40.0 Å². The topological polar surface area (TPSA) is 69.3 Å². The van der Waals surface area contributed by atoms with Crippen LogP contribution in [-0.2, 0) is 18.1 Å². The van der Waals surface area contributed by atoms with E-state index in [9.17, 15) is 0 Å². The first kappa shape index (κ1) is 16.9. The van der Waals surface area contributed by atoms with Crippen LogP contribution < -0.4 is 9.47 Å². The van der Waals surface area contributed by atoms with Gasteiger partial charge in [0.2, 0.25) is 0 Å². The third-order valence-corrected chi connectivity index (χ3v) is 5.00. The molecule has 26 heavy (non-hydrogen) atoms. The molecule has 0 radical (unpaired) electrons. The molecule has 3 unspecified atom stereocenters. The molecule has 2 aliphatic rings. The van der Waals surface area contributed by atoms with E-state index in [2.05, 4.69) is 15.2 Å². The molecule has 0 aliphatic carbocycles. The van der Waals surface area contributed by atoms with Crippen molar-refractivity contribution >= 4 is 6.21 Å². The van der Waals surface area contributed by atoms with Crippen LogP contribution >= 0.6 is 0 Å². The van der Waals surface area contributed by atoms with Crippen molar-refractivity contribution in [1.82, 2.24) is 10.1 Å². The maximum absolute atomic E-state index is 5.62. The van der Waals surface area contributed by atoms with Gasteiger partial charge in [0, 0.05) is 31.3 Å². The summed E-state index contributed by atoms with van der Waals surface area (Å²) in [7, 11) is 1.64. The van der Waals surface area contributed by atoms with Gasteiger partial charge in [0.25, 0.3) is 5.88 Å². The molecule has 2 fully saturated rings. The Hall–Kier alpha value is -2.54. The fourth-order valence-electron chi connectivity index (χ4n) is 3.53. The lowest BCUT2D eigenvalue weighted by Gasteiger charge is -2.17. The molecule has 7 heteroatoms. The molecular formula is C19H23N3O4. The minimum Gasteiger partial charge on any atom is -0.497 e. The summed E-state index contributed by atoms with van der Waals surface area (Å²) in [4.78, 5) is 7.82. The van der Waals surface area contributed by atoms with Gasteiger partial charge in [-0.05, 0) is 41.7 Å². The lowest BCUT2D eigenvalue weighted by atomic mass is 9.94. The quantitative estimate of drug-likeness (QED) is 0.534. The summed E-state index contributed by atoms with van der Waals surface area (Å²) >= 11 is 0. The monoisotopic (exact) mass is 357 g/mol. The molecule has 3 atom stereocenters. The maximum atomic E-state index is 5.62. The maximum Gasteiger partial charge on any atom is 0.254 e. The van der Waals surface area contributed by atoms with Gasteiger partial charge in [0.15, 0.2) is 12.4 Å². The van der Waals surface area contributed by atoms with E-state index in [0.717, 1.165) is 23.8 Å². The average Bonchev–Trinajstić information content (AvgIpc) is 3.41. The van der Waals surface area contributed by atoms with Crippen molar-refractivity contribution in [3.8, 4) is 11.6 Å². The number of hydrogen-bond donors (Lipinski definition) is 0. The van der Waals surface area contributed by atoms with Gasteiger partial charge in [-0.2, -0.15) is 0 Å². The number of nitrogens with zero attached hydrogens (tertiary/aromatic N) is 3. The summed E-state index contributed by atoms with van der Waals surface area (Å²) in [6, 6.07) is 9.41. The summed E-state index contributed by atoms with van der Waals surface area (Å²) in [5.74, 6) is 3.10. The lowest BCUT2D eigenvalue weighted by Crippen LogP contribution is -2.24. The van der Waals surface area contributed by atoms with Crippen molar-refractivity contribution in [3.05, 3.63) is 41.7 Å². The molecule has 0 saturated carbocycles. The Morgan fingerprint density at radius 1 is 1.27 bits per heavy atom. The van der Waals surface area contributed by atoms with Gasteiger partial charge >= 0.3 is 0 Å². The largest absolute Gasteiger partial charge is 0.497 e. The van der Waals surface area contributed by atoms with Crippen LogP contribution in [0.4, 0.5) is 0 Å². The Morgan fingerprint density at radius 2 is 2.15 bits per heavy atom. The zero-order valence-corrected chi connectivity index (χ0v) is 14.8. The molecule has 2 saturated heterocycles. The van der Waals surface area contributed by atoms with Crippen LogP contribution in [0.2, 0.25) is 0 Å². The zero-order valence-electron chi connectivity index (χ0n) is 14.8. The summed E-state index contributed by atoms with van der Waals surface area (Å²) < 4.78 is 16.0. The number of benzene rings is 1. The molecule has 2 bridgehead atoms. The molecule has 0 spiro atoms. The van der Waals surface area contributed by atoms with Gasteiger partial charge in [-0.3, -0.25) is 0 Å². The van der Waals surface area contributed by atoms with Crippen molar-refractivity contribution in [2.75, 3.05) is 26.7 Å². The lowest BCUT2D eigenvalue weighted by molar-refractivity contribution is 0.108. The van der Waals surface area contributed by atoms with Crippen LogP contribution in [0.1, 0.15) is 17.7 Å². The molecule has 0 N–H and O–H groups in total. The molecule has 1 aromatic carbocycles. The number of fused-ring (bicyclic) bond motifs is 2. The molecule has 1 aromatic heterocycles. The number of rotatable bonds is 8. The summed E-state index contributed by atoms with van der Waals surface area (Å²) in [6.07, 6.45) is 3.20. The smallest absolute Gasteiger partial charge is 0.254 e. The Bertz CT molecular complexity index is 743. The van der Waals surface area contributed by atoms with Crippen molar-refractivity contribution < 1.29 is 18.8 Å². The number of hydrogen-bond acceptors (Lipinski definition) is 7. The van der Waals surface area contributed by atoms with E-state index in [1.54, 1.807) is 13.2 Å². The Morgan fingerprint density at radius 3 is 2.88 bits per heavy atom. The predicted molar refractivity (Wildman–Crippen MR) is 95.1 cm³/mol. The summed E-state index contributed by atoms with van der Waals surface area (Å²) in [6.45, 7) is 4.19. The van der Waals surface area contributed by atoms with Gasteiger partial charge in [-0.15, -0.1) is 0 Å².